The van der Waals surface area contributed by atoms with Crippen LogP contribution in [-0.4, -0.2) is 77.1 Å². The van der Waals surface area contributed by atoms with Crippen molar-refractivity contribution < 1.29 is 9.47 Å². The molecule has 22 heavy (non-hydrogen) atoms. The van der Waals surface area contributed by atoms with Crippen LogP contribution in [0.15, 0.2) is 4.99 Å². The highest BCUT2D eigenvalue weighted by molar-refractivity contribution is 5.79. The first-order chi connectivity index (χ1) is 10.7. The number of rotatable bonds is 5. The molecule has 128 valence electrons. The van der Waals surface area contributed by atoms with Gasteiger partial charge in [0, 0.05) is 52.1 Å². The van der Waals surface area contributed by atoms with E-state index >= 15 is 0 Å². The third-order valence-corrected chi connectivity index (χ3v) is 5.08. The fraction of sp³-hybridized carbons (Fsp3) is 0.938. The van der Waals surface area contributed by atoms with Crippen LogP contribution in [0.2, 0.25) is 0 Å². The predicted octanol–water partition coefficient (Wildman–Crippen LogP) is 0.689. The molecule has 0 atom stereocenters. The maximum absolute atomic E-state index is 5.52. The molecule has 6 nitrogen and oxygen atoms in total. The summed E-state index contributed by atoms with van der Waals surface area (Å²) in [5, 5.41) is 6.98. The Balaban J connectivity index is 1.79. The van der Waals surface area contributed by atoms with Crippen LogP contribution < -0.4 is 10.6 Å². The fourth-order valence-corrected chi connectivity index (χ4v) is 3.19. The van der Waals surface area contributed by atoms with E-state index in [9.17, 15) is 0 Å². The molecule has 0 bridgehead atoms. The van der Waals surface area contributed by atoms with Gasteiger partial charge in [-0.3, -0.25) is 4.99 Å². The molecule has 0 radical (unpaired) electrons. The van der Waals surface area contributed by atoms with E-state index in [1.165, 1.54) is 0 Å². The summed E-state index contributed by atoms with van der Waals surface area (Å²) in [6, 6.07) is 0. The van der Waals surface area contributed by atoms with Gasteiger partial charge in [0.25, 0.3) is 0 Å². The Morgan fingerprint density at radius 2 is 1.73 bits per heavy atom. The van der Waals surface area contributed by atoms with Crippen molar-refractivity contribution >= 4 is 5.96 Å². The molecule has 2 saturated heterocycles. The van der Waals surface area contributed by atoms with E-state index in [0.717, 1.165) is 71.2 Å². The van der Waals surface area contributed by atoms with Crippen molar-refractivity contribution in [3.63, 3.8) is 0 Å². The van der Waals surface area contributed by atoms with Crippen molar-refractivity contribution in [1.82, 2.24) is 15.5 Å². The molecule has 0 aromatic carbocycles. The van der Waals surface area contributed by atoms with Gasteiger partial charge < -0.3 is 25.0 Å². The highest BCUT2D eigenvalue weighted by atomic mass is 16.5. The molecule has 0 saturated carbocycles. The standard InChI is InChI=1S/C16H32N4O2/c1-17-15(18-12-14-4-8-21-9-5-14)19-13-16(20(2)3)6-10-22-11-7-16/h14H,4-13H2,1-3H3,(H2,17,18,19). The Hall–Kier alpha value is -0.850. The van der Waals surface area contributed by atoms with Crippen LogP contribution in [0, 0.1) is 5.92 Å². The van der Waals surface area contributed by atoms with Crippen LogP contribution in [0.5, 0.6) is 0 Å². The summed E-state index contributed by atoms with van der Waals surface area (Å²) in [4.78, 5) is 6.69. The van der Waals surface area contributed by atoms with Gasteiger partial charge in [-0.1, -0.05) is 0 Å². The summed E-state index contributed by atoms with van der Waals surface area (Å²) in [7, 11) is 6.15. The smallest absolute Gasteiger partial charge is 0.191 e. The zero-order chi connectivity index (χ0) is 15.8. The van der Waals surface area contributed by atoms with Gasteiger partial charge in [0.2, 0.25) is 0 Å². The van der Waals surface area contributed by atoms with Crippen molar-refractivity contribution in [3.05, 3.63) is 0 Å². The number of nitrogens with zero attached hydrogens (tertiary/aromatic N) is 2. The fourth-order valence-electron chi connectivity index (χ4n) is 3.19. The van der Waals surface area contributed by atoms with Crippen molar-refractivity contribution in [1.29, 1.82) is 0 Å². The number of likely N-dealkylation sites (N-methyl/N-ethyl adjacent to an activating group) is 1. The summed E-state index contributed by atoms with van der Waals surface area (Å²) >= 11 is 0. The molecule has 2 aliphatic heterocycles. The quantitative estimate of drug-likeness (QED) is 0.578. The molecule has 2 heterocycles. The van der Waals surface area contributed by atoms with E-state index in [1.807, 2.05) is 7.05 Å². The van der Waals surface area contributed by atoms with Crippen LogP contribution in [-0.2, 0) is 9.47 Å². The number of hydrogen-bond donors (Lipinski definition) is 2. The lowest BCUT2D eigenvalue weighted by Crippen LogP contribution is -2.57. The third-order valence-electron chi connectivity index (χ3n) is 5.08. The minimum absolute atomic E-state index is 0.161. The second-order valence-electron chi connectivity index (χ2n) is 6.59. The Kier molecular flexibility index (Phi) is 6.92. The zero-order valence-electron chi connectivity index (χ0n) is 14.4. The molecule has 0 aliphatic carbocycles. The first kappa shape index (κ1) is 17.5. The molecule has 0 aromatic rings. The van der Waals surface area contributed by atoms with Crippen LogP contribution in [0.25, 0.3) is 0 Å². The summed E-state index contributed by atoms with van der Waals surface area (Å²) < 4.78 is 10.9. The number of aliphatic imine (C=N–C) groups is 1. The molecule has 2 fully saturated rings. The average Bonchev–Trinajstić information content (AvgIpc) is 2.56. The van der Waals surface area contributed by atoms with E-state index in [2.05, 4.69) is 34.6 Å². The van der Waals surface area contributed by atoms with Gasteiger partial charge in [0.05, 0.1) is 0 Å². The number of ether oxygens (including phenoxy) is 2. The van der Waals surface area contributed by atoms with Crippen LogP contribution in [0.3, 0.4) is 0 Å². The average molecular weight is 312 g/mol. The van der Waals surface area contributed by atoms with Crippen LogP contribution in [0.1, 0.15) is 25.7 Å². The Morgan fingerprint density at radius 1 is 1.09 bits per heavy atom. The van der Waals surface area contributed by atoms with Crippen LogP contribution >= 0.6 is 0 Å². The maximum atomic E-state index is 5.52. The van der Waals surface area contributed by atoms with Crippen molar-refractivity contribution in [2.45, 2.75) is 31.2 Å². The minimum atomic E-state index is 0.161. The number of hydrogen-bond acceptors (Lipinski definition) is 4. The van der Waals surface area contributed by atoms with E-state index in [1.54, 1.807) is 0 Å². The molecule has 2 rings (SSSR count). The first-order valence-corrected chi connectivity index (χ1v) is 8.44. The van der Waals surface area contributed by atoms with Gasteiger partial charge in [0.15, 0.2) is 5.96 Å². The highest BCUT2D eigenvalue weighted by Crippen LogP contribution is 2.25. The van der Waals surface area contributed by atoms with E-state index < -0.39 is 0 Å². The number of guanidine groups is 1. The predicted molar refractivity (Wildman–Crippen MR) is 89.4 cm³/mol. The lowest BCUT2D eigenvalue weighted by atomic mass is 9.88. The van der Waals surface area contributed by atoms with Gasteiger partial charge >= 0.3 is 0 Å². The topological polar surface area (TPSA) is 58.1 Å². The van der Waals surface area contributed by atoms with Gasteiger partial charge in [-0.05, 0) is 45.7 Å². The minimum Gasteiger partial charge on any atom is -0.381 e. The summed E-state index contributed by atoms with van der Waals surface area (Å²) in [6.07, 6.45) is 4.40. The van der Waals surface area contributed by atoms with E-state index in [-0.39, 0.29) is 5.54 Å². The summed E-state index contributed by atoms with van der Waals surface area (Å²) in [5.41, 5.74) is 0.161. The lowest BCUT2D eigenvalue weighted by molar-refractivity contribution is -0.00502. The SMILES string of the molecule is CN=C(NCC1CCOCC1)NCC1(N(C)C)CCOCC1. The van der Waals surface area contributed by atoms with Crippen LogP contribution in [0.4, 0.5) is 0 Å². The summed E-state index contributed by atoms with van der Waals surface area (Å²) in [5.74, 6) is 1.59. The molecule has 2 aliphatic rings. The molecule has 2 N–H and O–H groups in total. The van der Waals surface area contributed by atoms with Crippen molar-refractivity contribution in [2.75, 3.05) is 60.7 Å². The van der Waals surface area contributed by atoms with Gasteiger partial charge in [-0.2, -0.15) is 0 Å². The highest BCUT2D eigenvalue weighted by Gasteiger charge is 2.34. The zero-order valence-corrected chi connectivity index (χ0v) is 14.4. The second kappa shape index (κ2) is 8.70. The van der Waals surface area contributed by atoms with Gasteiger partial charge in [-0.15, -0.1) is 0 Å². The molecular formula is C16H32N4O2. The van der Waals surface area contributed by atoms with E-state index in [4.69, 9.17) is 9.47 Å². The Bertz CT molecular complexity index is 348. The lowest BCUT2D eigenvalue weighted by Gasteiger charge is -2.43. The maximum Gasteiger partial charge on any atom is 0.191 e. The molecule has 0 amide bonds. The molecule has 6 heteroatoms. The number of nitrogens with one attached hydrogen (secondary N) is 2. The van der Waals surface area contributed by atoms with Gasteiger partial charge in [-0.25, -0.2) is 0 Å². The Morgan fingerprint density at radius 3 is 2.32 bits per heavy atom. The monoisotopic (exact) mass is 312 g/mol. The molecular weight excluding hydrogens is 280 g/mol. The first-order valence-electron chi connectivity index (χ1n) is 8.44. The van der Waals surface area contributed by atoms with Gasteiger partial charge in [0.1, 0.15) is 0 Å². The summed E-state index contributed by atoms with van der Waals surface area (Å²) in [6.45, 7) is 5.34. The molecule has 0 spiro atoms. The normalized spacial score (nSPS) is 23.5. The second-order valence-corrected chi connectivity index (χ2v) is 6.59. The third kappa shape index (κ3) is 4.83. The Labute approximate surface area is 134 Å². The molecule has 0 unspecified atom stereocenters. The van der Waals surface area contributed by atoms with Crippen molar-refractivity contribution in [3.8, 4) is 0 Å². The van der Waals surface area contributed by atoms with E-state index in [0.29, 0.717) is 5.92 Å². The largest absolute Gasteiger partial charge is 0.381 e. The van der Waals surface area contributed by atoms with Crippen molar-refractivity contribution in [2.24, 2.45) is 10.9 Å². The molecule has 0 aromatic heterocycles.